The first-order chi connectivity index (χ1) is 12.1. The van der Waals surface area contributed by atoms with Gasteiger partial charge in [-0.15, -0.1) is 0 Å². The van der Waals surface area contributed by atoms with Gasteiger partial charge >= 0.3 is 0 Å². The number of carbonyl (C=O) groups is 2. The highest BCUT2D eigenvalue weighted by Crippen LogP contribution is 2.42. The largest absolute Gasteiger partial charge is 0.497 e. The lowest BCUT2D eigenvalue weighted by molar-refractivity contribution is -0.159. The van der Waals surface area contributed by atoms with Gasteiger partial charge in [0.2, 0.25) is 11.8 Å². The van der Waals surface area contributed by atoms with E-state index in [4.69, 9.17) is 9.47 Å². The summed E-state index contributed by atoms with van der Waals surface area (Å²) in [4.78, 5) is 28.9. The lowest BCUT2D eigenvalue weighted by atomic mass is 9.68. The van der Waals surface area contributed by atoms with Crippen molar-refractivity contribution in [3.05, 3.63) is 29.8 Å². The van der Waals surface area contributed by atoms with Crippen LogP contribution in [0.2, 0.25) is 0 Å². The normalized spacial score (nSPS) is 19.5. The SMILES string of the molecule is COCC1(C(=O)N2CCN(Cc3ccc(OC)cc3)C(=O)C2)CCC1. The van der Waals surface area contributed by atoms with Crippen LogP contribution in [0.4, 0.5) is 0 Å². The van der Waals surface area contributed by atoms with Gasteiger partial charge in [0, 0.05) is 26.7 Å². The molecule has 1 saturated heterocycles. The molecule has 0 N–H and O–H groups in total. The van der Waals surface area contributed by atoms with Gasteiger partial charge in [0.25, 0.3) is 0 Å². The summed E-state index contributed by atoms with van der Waals surface area (Å²) < 4.78 is 10.4. The van der Waals surface area contributed by atoms with E-state index >= 15 is 0 Å². The van der Waals surface area contributed by atoms with E-state index in [1.165, 1.54) is 0 Å². The van der Waals surface area contributed by atoms with Gasteiger partial charge < -0.3 is 19.3 Å². The quantitative estimate of drug-likeness (QED) is 0.786. The average molecular weight is 346 g/mol. The zero-order valence-electron chi connectivity index (χ0n) is 15.0. The molecule has 2 amide bonds. The van der Waals surface area contributed by atoms with Gasteiger partial charge in [-0.3, -0.25) is 9.59 Å². The molecule has 1 aliphatic carbocycles. The Balaban J connectivity index is 1.58. The minimum Gasteiger partial charge on any atom is -0.497 e. The van der Waals surface area contributed by atoms with Crippen molar-refractivity contribution in [2.75, 3.05) is 40.5 Å². The molecule has 6 heteroatoms. The van der Waals surface area contributed by atoms with Crippen LogP contribution in [-0.2, 0) is 20.9 Å². The van der Waals surface area contributed by atoms with Gasteiger partial charge in [-0.2, -0.15) is 0 Å². The third kappa shape index (κ3) is 3.63. The van der Waals surface area contributed by atoms with Crippen LogP contribution >= 0.6 is 0 Å². The predicted octanol–water partition coefficient (Wildman–Crippen LogP) is 1.68. The molecular formula is C19H26N2O4. The minimum atomic E-state index is -0.396. The number of hydrogen-bond acceptors (Lipinski definition) is 4. The summed E-state index contributed by atoms with van der Waals surface area (Å²) in [6, 6.07) is 7.71. The van der Waals surface area contributed by atoms with E-state index < -0.39 is 5.41 Å². The molecule has 0 spiro atoms. The van der Waals surface area contributed by atoms with Crippen LogP contribution in [-0.4, -0.2) is 62.1 Å². The van der Waals surface area contributed by atoms with Crippen molar-refractivity contribution in [1.29, 1.82) is 0 Å². The molecule has 0 radical (unpaired) electrons. The Kier molecular flexibility index (Phi) is 5.27. The molecular weight excluding hydrogens is 320 g/mol. The summed E-state index contributed by atoms with van der Waals surface area (Å²) in [5.74, 6) is 0.884. The maximum Gasteiger partial charge on any atom is 0.242 e. The fraction of sp³-hybridized carbons (Fsp3) is 0.579. The summed E-state index contributed by atoms with van der Waals surface area (Å²) in [5.41, 5.74) is 0.663. The number of methoxy groups -OCH3 is 2. The van der Waals surface area contributed by atoms with Crippen LogP contribution in [0.15, 0.2) is 24.3 Å². The van der Waals surface area contributed by atoms with Crippen LogP contribution in [0.25, 0.3) is 0 Å². The molecule has 1 aromatic carbocycles. The highest BCUT2D eigenvalue weighted by atomic mass is 16.5. The summed E-state index contributed by atoms with van der Waals surface area (Å²) >= 11 is 0. The Morgan fingerprint density at radius 3 is 2.40 bits per heavy atom. The Bertz CT molecular complexity index is 625. The Morgan fingerprint density at radius 2 is 1.88 bits per heavy atom. The molecule has 2 fully saturated rings. The number of carbonyl (C=O) groups excluding carboxylic acids is 2. The molecule has 1 aromatic rings. The molecule has 1 aliphatic heterocycles. The smallest absolute Gasteiger partial charge is 0.242 e. The number of ether oxygens (including phenoxy) is 2. The van der Waals surface area contributed by atoms with Gasteiger partial charge in [-0.1, -0.05) is 18.6 Å². The third-order valence-electron chi connectivity index (χ3n) is 5.32. The number of benzene rings is 1. The molecule has 0 aromatic heterocycles. The monoisotopic (exact) mass is 346 g/mol. The van der Waals surface area contributed by atoms with Crippen molar-refractivity contribution >= 4 is 11.8 Å². The molecule has 2 aliphatic rings. The van der Waals surface area contributed by atoms with Crippen LogP contribution in [0.3, 0.4) is 0 Å². The van der Waals surface area contributed by atoms with Crippen LogP contribution in [0.5, 0.6) is 5.75 Å². The van der Waals surface area contributed by atoms with Crippen molar-refractivity contribution in [3.8, 4) is 5.75 Å². The van der Waals surface area contributed by atoms with Crippen molar-refractivity contribution < 1.29 is 19.1 Å². The van der Waals surface area contributed by atoms with Crippen molar-refractivity contribution in [2.45, 2.75) is 25.8 Å². The molecule has 6 nitrogen and oxygen atoms in total. The molecule has 1 heterocycles. The van der Waals surface area contributed by atoms with E-state index in [9.17, 15) is 9.59 Å². The first-order valence-electron chi connectivity index (χ1n) is 8.77. The molecule has 1 saturated carbocycles. The zero-order chi connectivity index (χ0) is 17.9. The molecule has 136 valence electrons. The second kappa shape index (κ2) is 7.44. The molecule has 25 heavy (non-hydrogen) atoms. The van der Waals surface area contributed by atoms with Crippen LogP contribution in [0.1, 0.15) is 24.8 Å². The number of piperazine rings is 1. The lowest BCUT2D eigenvalue weighted by Crippen LogP contribution is -2.57. The highest BCUT2D eigenvalue weighted by molar-refractivity contribution is 5.89. The van der Waals surface area contributed by atoms with Crippen molar-refractivity contribution in [2.24, 2.45) is 5.41 Å². The van der Waals surface area contributed by atoms with E-state index in [2.05, 4.69) is 0 Å². The summed E-state index contributed by atoms with van der Waals surface area (Å²) in [6.45, 7) is 2.34. The standard InChI is InChI=1S/C19H26N2O4/c1-24-14-19(8-3-9-19)18(23)21-11-10-20(17(22)13-21)12-15-4-6-16(25-2)7-5-15/h4-7H,3,8-14H2,1-2H3. The van der Waals surface area contributed by atoms with Gasteiger partial charge in [0.05, 0.1) is 25.7 Å². The predicted molar refractivity (Wildman–Crippen MR) is 93.2 cm³/mol. The molecule has 3 rings (SSSR count). The first-order valence-corrected chi connectivity index (χ1v) is 8.77. The number of hydrogen-bond donors (Lipinski definition) is 0. The zero-order valence-corrected chi connectivity index (χ0v) is 15.0. The number of nitrogens with zero attached hydrogens (tertiary/aromatic N) is 2. The van der Waals surface area contributed by atoms with Gasteiger partial charge in [0.15, 0.2) is 0 Å². The molecule has 0 bridgehead atoms. The summed E-state index contributed by atoms with van der Waals surface area (Å²) in [6.07, 6.45) is 2.78. The van der Waals surface area contributed by atoms with Crippen LogP contribution < -0.4 is 4.74 Å². The third-order valence-corrected chi connectivity index (χ3v) is 5.32. The summed E-state index contributed by atoms with van der Waals surface area (Å²) in [5, 5.41) is 0. The second-order valence-corrected chi connectivity index (χ2v) is 6.96. The second-order valence-electron chi connectivity index (χ2n) is 6.96. The molecule has 0 unspecified atom stereocenters. The average Bonchev–Trinajstić information content (AvgIpc) is 2.60. The number of amides is 2. The van der Waals surface area contributed by atoms with E-state index in [0.29, 0.717) is 26.2 Å². The van der Waals surface area contributed by atoms with Gasteiger partial charge in [0.1, 0.15) is 5.75 Å². The van der Waals surface area contributed by atoms with Crippen molar-refractivity contribution in [3.63, 3.8) is 0 Å². The lowest BCUT2D eigenvalue weighted by Gasteiger charge is -2.45. The summed E-state index contributed by atoms with van der Waals surface area (Å²) in [7, 11) is 3.26. The fourth-order valence-electron chi connectivity index (χ4n) is 3.64. The maximum absolute atomic E-state index is 12.8. The first kappa shape index (κ1) is 17.7. The van der Waals surface area contributed by atoms with E-state index in [-0.39, 0.29) is 18.4 Å². The minimum absolute atomic E-state index is 0.00214. The maximum atomic E-state index is 12.8. The van der Waals surface area contributed by atoms with E-state index in [0.717, 1.165) is 30.6 Å². The van der Waals surface area contributed by atoms with E-state index in [1.54, 1.807) is 19.1 Å². The topological polar surface area (TPSA) is 59.1 Å². The highest BCUT2D eigenvalue weighted by Gasteiger charge is 2.47. The van der Waals surface area contributed by atoms with Crippen LogP contribution in [0, 0.1) is 5.41 Å². The van der Waals surface area contributed by atoms with Gasteiger partial charge in [-0.25, -0.2) is 0 Å². The fourth-order valence-corrected chi connectivity index (χ4v) is 3.64. The Hall–Kier alpha value is -2.08. The molecule has 0 atom stereocenters. The van der Waals surface area contributed by atoms with Gasteiger partial charge in [-0.05, 0) is 30.5 Å². The Labute approximate surface area is 148 Å². The van der Waals surface area contributed by atoms with Crippen molar-refractivity contribution in [1.82, 2.24) is 9.80 Å². The Morgan fingerprint density at radius 1 is 1.16 bits per heavy atom. The van der Waals surface area contributed by atoms with E-state index in [1.807, 2.05) is 29.2 Å². The number of rotatable bonds is 6.